The fourth-order valence-corrected chi connectivity index (χ4v) is 1.63. The van der Waals surface area contributed by atoms with E-state index in [9.17, 15) is 0 Å². The summed E-state index contributed by atoms with van der Waals surface area (Å²) >= 11 is 1.65. The molecule has 4 heteroatoms. The molecule has 0 aliphatic carbocycles. The first kappa shape index (κ1) is 10.6. The van der Waals surface area contributed by atoms with Gasteiger partial charge in [-0.3, -0.25) is 0 Å². The van der Waals surface area contributed by atoms with Crippen molar-refractivity contribution < 1.29 is 0 Å². The van der Waals surface area contributed by atoms with Crippen molar-refractivity contribution in [2.75, 3.05) is 6.54 Å². The molecule has 1 aromatic heterocycles. The van der Waals surface area contributed by atoms with Crippen LogP contribution in [0.1, 0.15) is 30.8 Å². The van der Waals surface area contributed by atoms with Crippen LogP contribution in [0.4, 0.5) is 0 Å². The summed E-state index contributed by atoms with van der Waals surface area (Å²) in [5.41, 5.74) is 0.333. The molecule has 0 spiro atoms. The van der Waals surface area contributed by atoms with Crippen LogP contribution in [0.25, 0.3) is 0 Å². The molecule has 1 heterocycles. The standard InChI is InChI=1S/C9H17N3S/c1-7-11-12-8(13-7)5-10-6-9(2,3)4/h10H,5-6H2,1-4H3. The summed E-state index contributed by atoms with van der Waals surface area (Å²) in [6.45, 7) is 10.5. The van der Waals surface area contributed by atoms with Crippen molar-refractivity contribution in [2.24, 2.45) is 5.41 Å². The highest BCUT2D eigenvalue weighted by atomic mass is 32.1. The Morgan fingerprint density at radius 2 is 2.00 bits per heavy atom. The number of aromatic nitrogens is 2. The minimum Gasteiger partial charge on any atom is -0.310 e. The van der Waals surface area contributed by atoms with Crippen LogP contribution in [0.3, 0.4) is 0 Å². The lowest BCUT2D eigenvalue weighted by atomic mass is 9.97. The molecule has 13 heavy (non-hydrogen) atoms. The second kappa shape index (κ2) is 4.15. The van der Waals surface area contributed by atoms with E-state index in [0.717, 1.165) is 23.1 Å². The molecule has 3 nitrogen and oxygen atoms in total. The normalized spacial score (nSPS) is 12.0. The zero-order valence-corrected chi connectivity index (χ0v) is 9.53. The minimum absolute atomic E-state index is 0.333. The first-order valence-electron chi connectivity index (χ1n) is 4.47. The predicted molar refractivity (Wildman–Crippen MR) is 55.8 cm³/mol. The third-order valence-corrected chi connectivity index (χ3v) is 2.34. The minimum atomic E-state index is 0.333. The molecule has 0 aliphatic rings. The molecule has 0 radical (unpaired) electrons. The van der Waals surface area contributed by atoms with Crippen molar-refractivity contribution in [1.29, 1.82) is 0 Å². The van der Waals surface area contributed by atoms with Gasteiger partial charge in [0.1, 0.15) is 10.0 Å². The van der Waals surface area contributed by atoms with Crippen molar-refractivity contribution in [3.8, 4) is 0 Å². The molecule has 1 rings (SSSR count). The van der Waals surface area contributed by atoms with E-state index in [1.807, 2.05) is 6.92 Å². The summed E-state index contributed by atoms with van der Waals surface area (Å²) in [6.07, 6.45) is 0. The monoisotopic (exact) mass is 199 g/mol. The SMILES string of the molecule is Cc1nnc(CNCC(C)(C)C)s1. The third kappa shape index (κ3) is 4.33. The number of hydrogen-bond acceptors (Lipinski definition) is 4. The van der Waals surface area contributed by atoms with Gasteiger partial charge < -0.3 is 5.32 Å². The number of aryl methyl sites for hydroxylation is 1. The van der Waals surface area contributed by atoms with E-state index in [2.05, 4.69) is 36.3 Å². The fraction of sp³-hybridized carbons (Fsp3) is 0.778. The first-order valence-corrected chi connectivity index (χ1v) is 5.29. The van der Waals surface area contributed by atoms with E-state index in [-0.39, 0.29) is 0 Å². The number of hydrogen-bond donors (Lipinski definition) is 1. The fourth-order valence-electron chi connectivity index (χ4n) is 0.953. The lowest BCUT2D eigenvalue weighted by Gasteiger charge is -2.17. The number of nitrogens with one attached hydrogen (secondary N) is 1. The molecule has 74 valence electrons. The zero-order valence-electron chi connectivity index (χ0n) is 8.72. The maximum atomic E-state index is 4.04. The van der Waals surface area contributed by atoms with Crippen molar-refractivity contribution in [2.45, 2.75) is 34.2 Å². The average Bonchev–Trinajstić information content (AvgIpc) is 2.33. The van der Waals surface area contributed by atoms with E-state index in [0.29, 0.717) is 5.41 Å². The lowest BCUT2D eigenvalue weighted by Crippen LogP contribution is -2.26. The highest BCUT2D eigenvalue weighted by Gasteiger charge is 2.09. The second-order valence-electron chi connectivity index (χ2n) is 4.38. The number of nitrogens with zero attached hydrogens (tertiary/aromatic N) is 2. The van der Waals surface area contributed by atoms with Crippen molar-refractivity contribution in [3.05, 3.63) is 10.0 Å². The second-order valence-corrected chi connectivity index (χ2v) is 5.65. The van der Waals surface area contributed by atoms with Gasteiger partial charge in [0, 0.05) is 13.1 Å². The largest absolute Gasteiger partial charge is 0.310 e. The van der Waals surface area contributed by atoms with Gasteiger partial charge >= 0.3 is 0 Å². The van der Waals surface area contributed by atoms with Crippen LogP contribution in [0.5, 0.6) is 0 Å². The first-order chi connectivity index (χ1) is 5.97. The molecule has 1 aromatic rings. The zero-order chi connectivity index (χ0) is 9.90. The van der Waals surface area contributed by atoms with Gasteiger partial charge in [0.05, 0.1) is 0 Å². The third-order valence-electron chi connectivity index (χ3n) is 1.50. The molecule has 1 N–H and O–H groups in total. The van der Waals surface area contributed by atoms with Crippen LogP contribution in [0, 0.1) is 12.3 Å². The molecular weight excluding hydrogens is 182 g/mol. The van der Waals surface area contributed by atoms with E-state index in [1.54, 1.807) is 11.3 Å². The molecule has 0 fully saturated rings. The summed E-state index contributed by atoms with van der Waals surface area (Å²) in [5.74, 6) is 0. The Hall–Kier alpha value is -0.480. The lowest BCUT2D eigenvalue weighted by molar-refractivity contribution is 0.379. The van der Waals surface area contributed by atoms with Gasteiger partial charge in [0.25, 0.3) is 0 Å². The quantitative estimate of drug-likeness (QED) is 0.809. The molecule has 0 saturated heterocycles. The van der Waals surface area contributed by atoms with Crippen molar-refractivity contribution in [3.63, 3.8) is 0 Å². The Balaban J connectivity index is 2.28. The van der Waals surface area contributed by atoms with Crippen LogP contribution in [-0.2, 0) is 6.54 Å². The summed E-state index contributed by atoms with van der Waals surface area (Å²) in [6, 6.07) is 0. The highest BCUT2D eigenvalue weighted by molar-refractivity contribution is 7.11. The van der Waals surface area contributed by atoms with Gasteiger partial charge in [-0.25, -0.2) is 0 Å². The van der Waals surface area contributed by atoms with Gasteiger partial charge in [-0.2, -0.15) is 0 Å². The maximum absolute atomic E-state index is 4.04. The van der Waals surface area contributed by atoms with Gasteiger partial charge in [0.15, 0.2) is 0 Å². The topological polar surface area (TPSA) is 37.8 Å². The summed E-state index contributed by atoms with van der Waals surface area (Å²) in [4.78, 5) is 0. The molecule has 0 aliphatic heterocycles. The van der Waals surface area contributed by atoms with E-state index < -0.39 is 0 Å². The van der Waals surface area contributed by atoms with Crippen LogP contribution in [0.15, 0.2) is 0 Å². The van der Waals surface area contributed by atoms with E-state index in [1.165, 1.54) is 0 Å². The van der Waals surface area contributed by atoms with Crippen LogP contribution in [0.2, 0.25) is 0 Å². The summed E-state index contributed by atoms with van der Waals surface area (Å²) in [7, 11) is 0. The van der Waals surface area contributed by atoms with Gasteiger partial charge in [-0.15, -0.1) is 21.5 Å². The molecule has 0 bridgehead atoms. The van der Waals surface area contributed by atoms with Gasteiger partial charge in [-0.05, 0) is 12.3 Å². The predicted octanol–water partition coefficient (Wildman–Crippen LogP) is 1.98. The Kier molecular flexibility index (Phi) is 3.39. The summed E-state index contributed by atoms with van der Waals surface area (Å²) in [5, 5.41) is 13.5. The van der Waals surface area contributed by atoms with E-state index in [4.69, 9.17) is 0 Å². The Morgan fingerprint density at radius 1 is 1.31 bits per heavy atom. The van der Waals surface area contributed by atoms with Gasteiger partial charge in [0.2, 0.25) is 0 Å². The molecule has 0 aromatic carbocycles. The average molecular weight is 199 g/mol. The number of rotatable bonds is 3. The van der Waals surface area contributed by atoms with Crippen molar-refractivity contribution in [1.82, 2.24) is 15.5 Å². The Labute approximate surface area is 83.6 Å². The van der Waals surface area contributed by atoms with Crippen LogP contribution < -0.4 is 5.32 Å². The van der Waals surface area contributed by atoms with Crippen molar-refractivity contribution >= 4 is 11.3 Å². The molecule has 0 atom stereocenters. The van der Waals surface area contributed by atoms with Crippen LogP contribution >= 0.6 is 11.3 Å². The Bertz CT molecular complexity index is 262. The Morgan fingerprint density at radius 3 is 2.46 bits per heavy atom. The molecule has 0 unspecified atom stereocenters. The molecule has 0 saturated carbocycles. The van der Waals surface area contributed by atoms with Gasteiger partial charge in [-0.1, -0.05) is 20.8 Å². The molecular formula is C9H17N3S. The summed E-state index contributed by atoms with van der Waals surface area (Å²) < 4.78 is 0. The van der Waals surface area contributed by atoms with E-state index >= 15 is 0 Å². The highest BCUT2D eigenvalue weighted by Crippen LogP contribution is 2.12. The maximum Gasteiger partial charge on any atom is 0.131 e. The molecule has 0 amide bonds. The smallest absolute Gasteiger partial charge is 0.131 e. The van der Waals surface area contributed by atoms with Crippen LogP contribution in [-0.4, -0.2) is 16.7 Å².